The summed E-state index contributed by atoms with van der Waals surface area (Å²) >= 11 is 0. The van der Waals surface area contributed by atoms with Crippen molar-refractivity contribution in [3.05, 3.63) is 29.3 Å². The van der Waals surface area contributed by atoms with Crippen molar-refractivity contribution in [2.75, 3.05) is 5.32 Å². The lowest BCUT2D eigenvalue weighted by molar-refractivity contribution is -0.131. The van der Waals surface area contributed by atoms with Crippen molar-refractivity contribution in [2.45, 2.75) is 47.1 Å². The van der Waals surface area contributed by atoms with Crippen LogP contribution in [0.5, 0.6) is 0 Å². The summed E-state index contributed by atoms with van der Waals surface area (Å²) in [6, 6.07) is 5.52. The zero-order valence-corrected chi connectivity index (χ0v) is 11.6. The van der Waals surface area contributed by atoms with Crippen LogP contribution in [0.4, 0.5) is 5.69 Å². The average Bonchev–Trinajstić information content (AvgIpc) is 2.55. The van der Waals surface area contributed by atoms with Gasteiger partial charge in [0.05, 0.1) is 0 Å². The van der Waals surface area contributed by atoms with Gasteiger partial charge in [-0.3, -0.25) is 4.79 Å². The van der Waals surface area contributed by atoms with E-state index in [2.05, 4.69) is 5.32 Å². The second-order valence-electron chi connectivity index (χ2n) is 3.58. The van der Waals surface area contributed by atoms with Crippen LogP contribution in [0.1, 0.15) is 45.7 Å². The molecule has 1 aliphatic rings. The number of hydrogen-bond acceptors (Lipinski definition) is 2. The SMILES string of the molecule is CC.CC.Cc1ccc2c(c1)NC(=O)C2(C)O. The zero-order valence-electron chi connectivity index (χ0n) is 11.6. The first kappa shape index (κ1) is 15.7. The summed E-state index contributed by atoms with van der Waals surface area (Å²) in [5.74, 6) is -0.354. The molecule has 0 spiro atoms. The number of amides is 1. The Morgan fingerprint density at radius 3 is 2.24 bits per heavy atom. The van der Waals surface area contributed by atoms with Gasteiger partial charge in [-0.1, -0.05) is 39.8 Å². The first-order valence-corrected chi connectivity index (χ1v) is 6.17. The summed E-state index contributed by atoms with van der Waals surface area (Å²) in [7, 11) is 0. The van der Waals surface area contributed by atoms with Crippen molar-refractivity contribution < 1.29 is 9.90 Å². The minimum Gasteiger partial charge on any atom is -0.375 e. The monoisotopic (exact) mass is 237 g/mol. The fourth-order valence-corrected chi connectivity index (χ4v) is 1.55. The predicted molar refractivity (Wildman–Crippen MR) is 72.1 cm³/mol. The minimum atomic E-state index is -1.37. The van der Waals surface area contributed by atoms with Crippen molar-refractivity contribution in [3.8, 4) is 0 Å². The third-order valence-corrected chi connectivity index (χ3v) is 2.39. The van der Waals surface area contributed by atoms with Crippen LogP contribution in [0.15, 0.2) is 18.2 Å². The maximum Gasteiger partial charge on any atom is 0.260 e. The Kier molecular flexibility index (Phi) is 5.89. The normalized spacial score (nSPS) is 20.3. The van der Waals surface area contributed by atoms with Crippen molar-refractivity contribution in [1.29, 1.82) is 0 Å². The Morgan fingerprint density at radius 1 is 1.18 bits per heavy atom. The molecule has 0 saturated heterocycles. The second-order valence-corrected chi connectivity index (χ2v) is 3.58. The summed E-state index contributed by atoms with van der Waals surface area (Å²) in [6.07, 6.45) is 0. The Balaban J connectivity index is 0.000000581. The maximum atomic E-state index is 11.3. The van der Waals surface area contributed by atoms with E-state index in [0.29, 0.717) is 5.56 Å². The van der Waals surface area contributed by atoms with Gasteiger partial charge in [0.25, 0.3) is 5.91 Å². The number of benzene rings is 1. The number of nitrogens with one attached hydrogen (secondary N) is 1. The van der Waals surface area contributed by atoms with E-state index >= 15 is 0 Å². The number of rotatable bonds is 0. The van der Waals surface area contributed by atoms with Gasteiger partial charge in [-0.15, -0.1) is 0 Å². The molecule has 2 rings (SSSR count). The van der Waals surface area contributed by atoms with Crippen molar-refractivity contribution in [1.82, 2.24) is 0 Å². The molecule has 0 radical (unpaired) electrons. The van der Waals surface area contributed by atoms with Crippen LogP contribution in [0, 0.1) is 6.92 Å². The molecule has 0 aromatic heterocycles. The highest BCUT2D eigenvalue weighted by Crippen LogP contribution is 2.35. The molecular formula is C14H23NO2. The number of fused-ring (bicyclic) bond motifs is 1. The highest BCUT2D eigenvalue weighted by atomic mass is 16.3. The number of carbonyl (C=O) groups excluding carboxylic acids is 1. The summed E-state index contributed by atoms with van der Waals surface area (Å²) in [5.41, 5.74) is 1.07. The number of aliphatic hydroxyl groups is 1. The molecule has 1 atom stereocenters. The lowest BCUT2D eigenvalue weighted by Crippen LogP contribution is -2.30. The van der Waals surface area contributed by atoms with Gasteiger partial charge >= 0.3 is 0 Å². The van der Waals surface area contributed by atoms with Crippen LogP contribution >= 0.6 is 0 Å². The fraction of sp³-hybridized carbons (Fsp3) is 0.500. The molecule has 0 aliphatic carbocycles. The number of carbonyl (C=O) groups is 1. The van der Waals surface area contributed by atoms with Gasteiger partial charge in [-0.05, 0) is 25.5 Å². The summed E-state index contributed by atoms with van der Waals surface area (Å²) < 4.78 is 0. The Morgan fingerprint density at radius 2 is 1.71 bits per heavy atom. The summed E-state index contributed by atoms with van der Waals surface area (Å²) in [4.78, 5) is 11.3. The van der Waals surface area contributed by atoms with Crippen LogP contribution in [0.3, 0.4) is 0 Å². The molecule has 3 heteroatoms. The first-order chi connectivity index (χ1) is 8.01. The van der Waals surface area contributed by atoms with E-state index in [0.717, 1.165) is 11.3 Å². The molecule has 0 saturated carbocycles. The van der Waals surface area contributed by atoms with Crippen LogP contribution in [-0.2, 0) is 10.4 Å². The van der Waals surface area contributed by atoms with E-state index in [9.17, 15) is 9.90 Å². The standard InChI is InChI=1S/C10H11NO2.2C2H6/c1-6-3-4-7-8(5-6)11-9(12)10(7,2)13;2*1-2/h3-5,13H,1-2H3,(H,11,12);2*1-2H3. The van der Waals surface area contributed by atoms with Gasteiger partial charge in [0, 0.05) is 11.3 Å². The predicted octanol–water partition coefficient (Wildman–Crippen LogP) is 3.21. The molecule has 0 bridgehead atoms. The molecule has 1 heterocycles. The van der Waals surface area contributed by atoms with Crippen LogP contribution in [-0.4, -0.2) is 11.0 Å². The molecule has 1 aromatic rings. The van der Waals surface area contributed by atoms with E-state index in [4.69, 9.17) is 0 Å². The molecule has 96 valence electrons. The molecule has 0 fully saturated rings. The van der Waals surface area contributed by atoms with Crippen LogP contribution in [0.2, 0.25) is 0 Å². The van der Waals surface area contributed by atoms with Crippen molar-refractivity contribution in [3.63, 3.8) is 0 Å². The van der Waals surface area contributed by atoms with Crippen LogP contribution < -0.4 is 5.32 Å². The molecule has 1 amide bonds. The average molecular weight is 237 g/mol. The van der Waals surface area contributed by atoms with Gasteiger partial charge < -0.3 is 10.4 Å². The Labute approximate surface area is 104 Å². The molecule has 3 nitrogen and oxygen atoms in total. The fourth-order valence-electron chi connectivity index (χ4n) is 1.55. The van der Waals surface area contributed by atoms with E-state index in [1.54, 1.807) is 6.07 Å². The first-order valence-electron chi connectivity index (χ1n) is 6.17. The molecule has 17 heavy (non-hydrogen) atoms. The number of anilines is 1. The summed E-state index contributed by atoms with van der Waals surface area (Å²) in [5, 5.41) is 12.4. The third kappa shape index (κ3) is 3.07. The molecule has 1 aromatic carbocycles. The maximum absolute atomic E-state index is 11.3. The topological polar surface area (TPSA) is 49.3 Å². The lowest BCUT2D eigenvalue weighted by atomic mass is 9.97. The largest absolute Gasteiger partial charge is 0.375 e. The highest BCUT2D eigenvalue weighted by molar-refractivity contribution is 6.04. The lowest BCUT2D eigenvalue weighted by Gasteiger charge is -2.13. The Hall–Kier alpha value is -1.35. The molecule has 1 aliphatic heterocycles. The smallest absolute Gasteiger partial charge is 0.260 e. The van der Waals surface area contributed by atoms with Gasteiger partial charge in [-0.25, -0.2) is 0 Å². The molecule has 2 N–H and O–H groups in total. The second kappa shape index (κ2) is 6.40. The quantitative estimate of drug-likeness (QED) is 0.728. The van der Waals surface area contributed by atoms with Gasteiger partial charge in [0.1, 0.15) is 0 Å². The number of aryl methyl sites for hydroxylation is 1. The third-order valence-electron chi connectivity index (χ3n) is 2.39. The minimum absolute atomic E-state index is 0.354. The highest BCUT2D eigenvalue weighted by Gasteiger charge is 2.40. The van der Waals surface area contributed by atoms with Crippen LogP contribution in [0.25, 0.3) is 0 Å². The van der Waals surface area contributed by atoms with E-state index < -0.39 is 5.60 Å². The zero-order chi connectivity index (χ0) is 13.6. The van der Waals surface area contributed by atoms with E-state index in [1.165, 1.54) is 6.92 Å². The van der Waals surface area contributed by atoms with Crippen molar-refractivity contribution in [2.24, 2.45) is 0 Å². The van der Waals surface area contributed by atoms with Crippen molar-refractivity contribution >= 4 is 11.6 Å². The van der Waals surface area contributed by atoms with Gasteiger partial charge in [0.15, 0.2) is 5.60 Å². The van der Waals surface area contributed by atoms with E-state index in [1.807, 2.05) is 46.8 Å². The summed E-state index contributed by atoms with van der Waals surface area (Å²) in [6.45, 7) is 11.4. The van der Waals surface area contributed by atoms with E-state index in [-0.39, 0.29) is 5.91 Å². The molecule has 1 unspecified atom stereocenters. The number of hydrogen-bond donors (Lipinski definition) is 2. The van der Waals surface area contributed by atoms with Gasteiger partial charge in [-0.2, -0.15) is 0 Å². The Bertz CT molecular complexity index is 384. The molecular weight excluding hydrogens is 214 g/mol. The van der Waals surface area contributed by atoms with Gasteiger partial charge in [0.2, 0.25) is 0 Å².